The van der Waals surface area contributed by atoms with E-state index in [-0.39, 0.29) is 5.69 Å². The van der Waals surface area contributed by atoms with Gasteiger partial charge in [-0.2, -0.15) is 0 Å². The number of hydrogen-bond donors (Lipinski definition) is 1. The van der Waals surface area contributed by atoms with Crippen LogP contribution in [0.5, 0.6) is 0 Å². The van der Waals surface area contributed by atoms with Crippen molar-refractivity contribution in [1.82, 2.24) is 0 Å². The molecule has 2 rings (SSSR count). The molecule has 0 spiro atoms. The molecule has 1 amide bonds. The summed E-state index contributed by atoms with van der Waals surface area (Å²) in [6, 6.07) is 12.0. The summed E-state index contributed by atoms with van der Waals surface area (Å²) in [6.07, 6.45) is -1.09. The first-order valence-electron chi connectivity index (χ1n) is 7.74. The first kappa shape index (κ1) is 18.6. The second-order valence-corrected chi connectivity index (χ2v) is 6.16. The van der Waals surface area contributed by atoms with Crippen LogP contribution < -0.4 is 5.32 Å². The molecule has 0 bridgehead atoms. The second-order valence-electron chi connectivity index (χ2n) is 6.16. The predicted molar refractivity (Wildman–Crippen MR) is 90.0 cm³/mol. The van der Waals surface area contributed by atoms with Crippen LogP contribution in [0.1, 0.15) is 26.3 Å². The first-order valence-corrected chi connectivity index (χ1v) is 7.74. The van der Waals surface area contributed by atoms with Crippen molar-refractivity contribution in [3.05, 3.63) is 65.7 Å². The fourth-order valence-corrected chi connectivity index (χ4v) is 2.15. The minimum absolute atomic E-state index is 0.0779. The molecule has 0 aliphatic rings. The van der Waals surface area contributed by atoms with Gasteiger partial charge in [-0.3, -0.25) is 9.59 Å². The van der Waals surface area contributed by atoms with E-state index >= 15 is 0 Å². The number of halogens is 2. The van der Waals surface area contributed by atoms with Gasteiger partial charge in [0.05, 0.1) is 5.41 Å². The maximum atomic E-state index is 13.2. The maximum absolute atomic E-state index is 13.2. The average Bonchev–Trinajstić information content (AvgIpc) is 2.58. The van der Waals surface area contributed by atoms with E-state index in [1.165, 1.54) is 13.0 Å². The van der Waals surface area contributed by atoms with Crippen LogP contribution in [0.3, 0.4) is 0 Å². The van der Waals surface area contributed by atoms with E-state index in [0.29, 0.717) is 0 Å². The Bertz CT molecular complexity index is 775. The minimum atomic E-state index is -1.09. The molecular formula is C19H19F2NO3. The molecule has 1 atom stereocenters. The summed E-state index contributed by atoms with van der Waals surface area (Å²) < 4.78 is 31.3. The molecule has 1 N–H and O–H groups in total. The van der Waals surface area contributed by atoms with Gasteiger partial charge in [-0.15, -0.1) is 0 Å². The Balaban J connectivity index is 2.02. The normalized spacial score (nSPS) is 12.4. The number of amides is 1. The zero-order valence-electron chi connectivity index (χ0n) is 14.2. The number of hydrogen-bond acceptors (Lipinski definition) is 3. The number of ether oxygens (including phenoxy) is 1. The zero-order chi connectivity index (χ0) is 18.6. The Morgan fingerprint density at radius 2 is 1.68 bits per heavy atom. The highest BCUT2D eigenvalue weighted by molar-refractivity contribution is 5.95. The molecule has 0 heterocycles. The van der Waals surface area contributed by atoms with Gasteiger partial charge < -0.3 is 10.1 Å². The molecule has 0 aliphatic carbocycles. The van der Waals surface area contributed by atoms with Crippen molar-refractivity contribution < 1.29 is 23.1 Å². The van der Waals surface area contributed by atoms with Crippen LogP contribution in [0.4, 0.5) is 14.5 Å². The summed E-state index contributed by atoms with van der Waals surface area (Å²) in [5, 5.41) is 2.38. The van der Waals surface area contributed by atoms with Gasteiger partial charge in [0.15, 0.2) is 17.7 Å². The van der Waals surface area contributed by atoms with Crippen molar-refractivity contribution >= 4 is 17.6 Å². The molecule has 4 nitrogen and oxygen atoms in total. The standard InChI is InChI=1S/C19H19F2NO3/c1-12(17(23)22-14-9-10-15(20)16(21)11-14)25-18(24)19(2,3)13-7-5-4-6-8-13/h4-12H,1-3H3,(H,22,23)/t12-/m0/s1. The number of anilines is 1. The molecule has 6 heteroatoms. The molecular weight excluding hydrogens is 328 g/mol. The highest BCUT2D eigenvalue weighted by atomic mass is 19.2. The number of carbonyl (C=O) groups is 2. The van der Waals surface area contributed by atoms with E-state index in [0.717, 1.165) is 17.7 Å². The van der Waals surface area contributed by atoms with E-state index in [1.807, 2.05) is 18.2 Å². The summed E-state index contributed by atoms with van der Waals surface area (Å²) >= 11 is 0. The molecule has 0 radical (unpaired) electrons. The first-order chi connectivity index (χ1) is 11.7. The van der Waals surface area contributed by atoms with E-state index < -0.39 is 35.0 Å². The zero-order valence-corrected chi connectivity index (χ0v) is 14.2. The Kier molecular flexibility index (Phi) is 5.51. The summed E-state index contributed by atoms with van der Waals surface area (Å²) in [5.74, 6) is -3.29. The third kappa shape index (κ3) is 4.41. The van der Waals surface area contributed by atoms with Crippen LogP contribution in [-0.4, -0.2) is 18.0 Å². The summed E-state index contributed by atoms with van der Waals surface area (Å²) in [6.45, 7) is 4.81. The Morgan fingerprint density at radius 3 is 2.28 bits per heavy atom. The average molecular weight is 347 g/mol. The van der Waals surface area contributed by atoms with E-state index in [9.17, 15) is 18.4 Å². The highest BCUT2D eigenvalue weighted by Gasteiger charge is 2.33. The number of esters is 1. The lowest BCUT2D eigenvalue weighted by atomic mass is 9.85. The lowest BCUT2D eigenvalue weighted by Crippen LogP contribution is -2.37. The molecule has 25 heavy (non-hydrogen) atoms. The molecule has 0 saturated carbocycles. The van der Waals surface area contributed by atoms with Gasteiger partial charge in [-0.05, 0) is 38.5 Å². The molecule has 0 unspecified atom stereocenters. The van der Waals surface area contributed by atoms with Crippen LogP contribution in [0.2, 0.25) is 0 Å². The van der Waals surface area contributed by atoms with Gasteiger partial charge in [-0.1, -0.05) is 30.3 Å². The fourth-order valence-electron chi connectivity index (χ4n) is 2.15. The van der Waals surface area contributed by atoms with Gasteiger partial charge in [0.2, 0.25) is 0 Å². The second kappa shape index (κ2) is 7.42. The highest BCUT2D eigenvalue weighted by Crippen LogP contribution is 2.25. The molecule has 0 saturated heterocycles. The van der Waals surface area contributed by atoms with Crippen molar-refractivity contribution in [3.63, 3.8) is 0 Å². The molecule has 0 aromatic heterocycles. The van der Waals surface area contributed by atoms with Crippen LogP contribution in [0, 0.1) is 11.6 Å². The van der Waals surface area contributed by atoms with Gasteiger partial charge in [0.25, 0.3) is 5.91 Å². The largest absolute Gasteiger partial charge is 0.452 e. The number of benzene rings is 2. The van der Waals surface area contributed by atoms with E-state index in [4.69, 9.17) is 4.74 Å². The maximum Gasteiger partial charge on any atom is 0.316 e. The van der Waals surface area contributed by atoms with Crippen LogP contribution in [0.25, 0.3) is 0 Å². The van der Waals surface area contributed by atoms with Crippen LogP contribution in [-0.2, 0) is 19.7 Å². The van der Waals surface area contributed by atoms with Crippen molar-refractivity contribution in [2.24, 2.45) is 0 Å². The predicted octanol–water partition coefficient (Wildman–Crippen LogP) is 3.81. The number of carbonyl (C=O) groups excluding carboxylic acids is 2. The minimum Gasteiger partial charge on any atom is -0.452 e. The van der Waals surface area contributed by atoms with Crippen molar-refractivity contribution in [2.45, 2.75) is 32.3 Å². The van der Waals surface area contributed by atoms with Gasteiger partial charge >= 0.3 is 5.97 Å². The lowest BCUT2D eigenvalue weighted by Gasteiger charge is -2.25. The molecule has 2 aromatic rings. The molecule has 132 valence electrons. The lowest BCUT2D eigenvalue weighted by molar-refractivity contribution is -0.158. The third-order valence-corrected chi connectivity index (χ3v) is 3.85. The van der Waals surface area contributed by atoms with Gasteiger partial charge in [0.1, 0.15) is 0 Å². The summed E-state index contributed by atoms with van der Waals surface area (Å²) in [5.41, 5.74) is -0.0973. The molecule has 2 aromatic carbocycles. The Morgan fingerprint density at radius 1 is 1.04 bits per heavy atom. The van der Waals surface area contributed by atoms with Crippen molar-refractivity contribution in [2.75, 3.05) is 5.32 Å². The Labute approximate surface area is 144 Å². The summed E-state index contributed by atoms with van der Waals surface area (Å²) in [4.78, 5) is 24.5. The number of nitrogens with one attached hydrogen (secondary N) is 1. The fraction of sp³-hybridized carbons (Fsp3) is 0.263. The quantitative estimate of drug-likeness (QED) is 0.837. The topological polar surface area (TPSA) is 55.4 Å². The van der Waals surface area contributed by atoms with Crippen molar-refractivity contribution in [3.8, 4) is 0 Å². The number of rotatable bonds is 5. The van der Waals surface area contributed by atoms with E-state index in [1.54, 1.807) is 26.0 Å². The summed E-state index contributed by atoms with van der Waals surface area (Å²) in [7, 11) is 0. The molecule has 0 aliphatic heterocycles. The smallest absolute Gasteiger partial charge is 0.316 e. The van der Waals surface area contributed by atoms with Gasteiger partial charge in [0, 0.05) is 11.8 Å². The van der Waals surface area contributed by atoms with Gasteiger partial charge in [-0.25, -0.2) is 8.78 Å². The monoisotopic (exact) mass is 347 g/mol. The van der Waals surface area contributed by atoms with Crippen molar-refractivity contribution in [1.29, 1.82) is 0 Å². The molecule has 0 fully saturated rings. The third-order valence-electron chi connectivity index (χ3n) is 3.85. The van der Waals surface area contributed by atoms with Crippen LogP contribution >= 0.6 is 0 Å². The Hall–Kier alpha value is -2.76. The SMILES string of the molecule is C[C@H](OC(=O)C(C)(C)c1ccccc1)C(=O)Nc1ccc(F)c(F)c1. The van der Waals surface area contributed by atoms with Crippen LogP contribution in [0.15, 0.2) is 48.5 Å². The van der Waals surface area contributed by atoms with E-state index in [2.05, 4.69) is 5.32 Å².